The molecule has 37 heavy (non-hydrogen) atoms. The van der Waals surface area contributed by atoms with E-state index in [0.717, 1.165) is 36.4 Å². The van der Waals surface area contributed by atoms with Crippen molar-refractivity contribution in [2.75, 3.05) is 5.73 Å². The zero-order valence-electron chi connectivity index (χ0n) is 18.0. The lowest BCUT2D eigenvalue weighted by atomic mass is 10.1. The molecule has 0 aliphatic rings. The Labute approximate surface area is 208 Å². The molecule has 0 aliphatic heterocycles. The average molecular weight is 570 g/mol. The second kappa shape index (κ2) is 8.61. The first-order valence-corrected chi connectivity index (χ1v) is 14.0. The molecule has 7 N–H and O–H groups in total. The lowest BCUT2D eigenvalue weighted by Crippen LogP contribution is -2.02. The molecule has 0 unspecified atom stereocenters. The number of hydrogen-bond donors (Lipinski definition) is 6. The summed E-state index contributed by atoms with van der Waals surface area (Å²) in [6.45, 7) is 0. The first kappa shape index (κ1) is 26.2. The second-order valence-electron chi connectivity index (χ2n) is 7.66. The van der Waals surface area contributed by atoms with E-state index in [1.54, 1.807) is 0 Å². The van der Waals surface area contributed by atoms with E-state index in [0.29, 0.717) is 5.39 Å². The highest BCUT2D eigenvalue weighted by Crippen LogP contribution is 2.45. The maximum absolute atomic E-state index is 12.0. The van der Waals surface area contributed by atoms with Gasteiger partial charge in [0.05, 0.1) is 9.79 Å². The number of hydrogen-bond acceptors (Lipinski definition) is 11. The van der Waals surface area contributed by atoms with Crippen LogP contribution in [0.1, 0.15) is 0 Å². The molecule has 4 aromatic rings. The third-order valence-corrected chi connectivity index (χ3v) is 7.74. The molecule has 0 heterocycles. The molecule has 17 heteroatoms. The Balaban J connectivity index is 1.93. The van der Waals surface area contributed by atoms with Crippen molar-refractivity contribution in [2.24, 2.45) is 10.2 Å². The predicted molar refractivity (Wildman–Crippen MR) is 129 cm³/mol. The average Bonchev–Trinajstić information content (AvgIpc) is 2.75. The fraction of sp³-hybridized carbons (Fsp3) is 0. The van der Waals surface area contributed by atoms with Crippen molar-refractivity contribution in [3.63, 3.8) is 0 Å². The molecule has 0 spiro atoms. The zero-order valence-corrected chi connectivity index (χ0v) is 20.5. The topological polar surface area (TPSA) is 254 Å². The SMILES string of the molecule is Nc1cc(S(=O)(=O)O)cc2cc(S(=O)(=O)O)c(N=Nc3cc4ccc(S(=O)(=O)O)cc4cc3O)c(O)c12. The molecule has 4 aromatic carbocycles. The van der Waals surface area contributed by atoms with E-state index in [1.165, 1.54) is 12.1 Å². The van der Waals surface area contributed by atoms with E-state index in [9.17, 15) is 49.1 Å². The number of nitrogens with zero attached hydrogens (tertiary/aromatic N) is 2. The number of benzene rings is 4. The van der Waals surface area contributed by atoms with Crippen LogP contribution in [0.2, 0.25) is 0 Å². The van der Waals surface area contributed by atoms with Crippen LogP contribution in [0.15, 0.2) is 73.4 Å². The Morgan fingerprint density at radius 2 is 1.27 bits per heavy atom. The molecule has 194 valence electrons. The highest BCUT2D eigenvalue weighted by atomic mass is 32.2. The van der Waals surface area contributed by atoms with Crippen molar-refractivity contribution in [1.82, 2.24) is 0 Å². The van der Waals surface area contributed by atoms with E-state index >= 15 is 0 Å². The van der Waals surface area contributed by atoms with Crippen LogP contribution in [0.25, 0.3) is 21.5 Å². The molecule has 0 amide bonds. The summed E-state index contributed by atoms with van der Waals surface area (Å²) in [5.41, 5.74) is 4.35. The summed E-state index contributed by atoms with van der Waals surface area (Å²) in [4.78, 5) is -2.13. The zero-order chi connectivity index (χ0) is 27.5. The van der Waals surface area contributed by atoms with Gasteiger partial charge in [-0.05, 0) is 58.6 Å². The van der Waals surface area contributed by atoms with Gasteiger partial charge in [-0.1, -0.05) is 6.07 Å². The van der Waals surface area contributed by atoms with Crippen molar-refractivity contribution in [1.29, 1.82) is 0 Å². The molecule has 0 atom stereocenters. The molecule has 4 rings (SSSR count). The van der Waals surface area contributed by atoms with Gasteiger partial charge < -0.3 is 15.9 Å². The van der Waals surface area contributed by atoms with Gasteiger partial charge in [0.25, 0.3) is 30.4 Å². The molecule has 0 radical (unpaired) electrons. The van der Waals surface area contributed by atoms with E-state index in [4.69, 9.17) is 5.73 Å². The Bertz CT molecular complexity index is 1990. The first-order valence-electron chi connectivity index (χ1n) is 9.67. The maximum atomic E-state index is 12.0. The number of rotatable bonds is 5. The van der Waals surface area contributed by atoms with Crippen molar-refractivity contribution in [2.45, 2.75) is 14.7 Å². The highest BCUT2D eigenvalue weighted by Gasteiger charge is 2.25. The van der Waals surface area contributed by atoms with Crippen LogP contribution in [0.3, 0.4) is 0 Å². The largest absolute Gasteiger partial charge is 0.506 e. The summed E-state index contributed by atoms with van der Waals surface area (Å²) in [5.74, 6) is -1.46. The van der Waals surface area contributed by atoms with Crippen LogP contribution < -0.4 is 5.73 Å². The van der Waals surface area contributed by atoms with Crippen molar-refractivity contribution in [3.8, 4) is 11.5 Å². The molecule has 0 saturated heterocycles. The number of nitrogen functional groups attached to an aromatic ring is 1. The monoisotopic (exact) mass is 569 g/mol. The molecule has 0 aliphatic carbocycles. The minimum absolute atomic E-state index is 0.196. The Morgan fingerprint density at radius 3 is 1.86 bits per heavy atom. The highest BCUT2D eigenvalue weighted by molar-refractivity contribution is 7.86. The van der Waals surface area contributed by atoms with Crippen LogP contribution in [-0.4, -0.2) is 49.1 Å². The van der Waals surface area contributed by atoms with Gasteiger partial charge in [0.2, 0.25) is 0 Å². The fourth-order valence-electron chi connectivity index (χ4n) is 3.53. The predicted octanol–water partition coefficient (Wildman–Crippen LogP) is 3.14. The number of nitrogens with two attached hydrogens (primary N) is 1. The summed E-state index contributed by atoms with van der Waals surface area (Å²) in [7, 11) is -14.4. The molecule has 0 bridgehead atoms. The van der Waals surface area contributed by atoms with Gasteiger partial charge in [-0.15, -0.1) is 10.2 Å². The summed E-state index contributed by atoms with van der Waals surface area (Å²) >= 11 is 0. The smallest absolute Gasteiger partial charge is 0.296 e. The summed E-state index contributed by atoms with van der Waals surface area (Å²) in [6.07, 6.45) is 0. The van der Waals surface area contributed by atoms with Gasteiger partial charge in [-0.2, -0.15) is 25.3 Å². The van der Waals surface area contributed by atoms with Gasteiger partial charge in [-0.3, -0.25) is 13.7 Å². The Kier molecular flexibility index (Phi) is 6.10. The van der Waals surface area contributed by atoms with Crippen molar-refractivity contribution < 1.29 is 49.1 Å². The second-order valence-corrected chi connectivity index (χ2v) is 11.9. The summed E-state index contributed by atoms with van der Waals surface area (Å²) < 4.78 is 97.8. The quantitative estimate of drug-likeness (QED) is 0.115. The minimum Gasteiger partial charge on any atom is -0.506 e. The lowest BCUT2D eigenvalue weighted by Gasteiger charge is -2.12. The van der Waals surface area contributed by atoms with E-state index in [-0.39, 0.29) is 27.5 Å². The summed E-state index contributed by atoms with van der Waals surface area (Å²) in [5, 5.41) is 28.4. The molecular weight excluding hydrogens is 554 g/mol. The van der Waals surface area contributed by atoms with E-state index < -0.39 is 62.2 Å². The van der Waals surface area contributed by atoms with Gasteiger partial charge in [0, 0.05) is 11.1 Å². The number of phenolic OH excluding ortho intramolecular Hbond substituents is 2. The maximum Gasteiger partial charge on any atom is 0.296 e. The van der Waals surface area contributed by atoms with Crippen LogP contribution in [-0.2, 0) is 30.4 Å². The van der Waals surface area contributed by atoms with Crippen LogP contribution in [0.5, 0.6) is 11.5 Å². The number of aromatic hydroxyl groups is 2. The summed E-state index contributed by atoms with van der Waals surface area (Å²) in [6, 6.07) is 8.17. The van der Waals surface area contributed by atoms with E-state index in [1.807, 2.05) is 0 Å². The van der Waals surface area contributed by atoms with Crippen molar-refractivity contribution >= 4 is 69.0 Å². The van der Waals surface area contributed by atoms with E-state index in [2.05, 4.69) is 10.2 Å². The van der Waals surface area contributed by atoms with Crippen LogP contribution in [0.4, 0.5) is 17.1 Å². The van der Waals surface area contributed by atoms with Gasteiger partial charge in [0.1, 0.15) is 22.0 Å². The minimum atomic E-state index is -5.09. The number of anilines is 1. The first-order chi connectivity index (χ1) is 17.0. The number of azo groups is 1. The molecule has 0 fully saturated rings. The Morgan fingerprint density at radius 1 is 0.649 bits per heavy atom. The number of fused-ring (bicyclic) bond motifs is 2. The third-order valence-electron chi connectivity index (χ3n) is 5.19. The van der Waals surface area contributed by atoms with Crippen molar-refractivity contribution in [3.05, 3.63) is 48.5 Å². The van der Waals surface area contributed by atoms with Gasteiger partial charge >= 0.3 is 0 Å². The normalized spacial score (nSPS) is 13.1. The molecule has 0 aromatic heterocycles. The third kappa shape index (κ3) is 5.03. The molecule has 14 nitrogen and oxygen atoms in total. The fourth-order valence-corrected chi connectivity index (χ4v) is 5.25. The van der Waals surface area contributed by atoms with Gasteiger partial charge in [-0.25, -0.2) is 0 Å². The lowest BCUT2D eigenvalue weighted by molar-refractivity contribution is 0.471. The van der Waals surface area contributed by atoms with Crippen LogP contribution >= 0.6 is 0 Å². The van der Waals surface area contributed by atoms with Gasteiger partial charge in [0.15, 0.2) is 5.75 Å². The molecule has 0 saturated carbocycles. The standard InChI is InChI=1S/C20H15N3O11S3/c21-14-8-13(36(29,30)31)4-11-7-17(37(32,33)34)19(20(25)18(11)14)23-22-15-5-9-1-2-12(35(26,27)28)3-10(9)6-16(15)24/h1-8,24-25H,21H2,(H,26,27,28)(H,29,30,31)(H,32,33,34). The molecular formula is C20H15N3O11S3. The number of phenols is 2. The Hall–Kier alpha value is -3.87. The van der Waals surface area contributed by atoms with Crippen LogP contribution in [0, 0.1) is 0 Å².